The molecule has 1 saturated heterocycles. The van der Waals surface area contributed by atoms with Crippen molar-refractivity contribution >= 4 is 11.9 Å². The van der Waals surface area contributed by atoms with E-state index >= 15 is 0 Å². The first kappa shape index (κ1) is 20.8. The second-order valence-electron chi connectivity index (χ2n) is 8.06. The molecule has 0 atom stereocenters. The van der Waals surface area contributed by atoms with E-state index in [9.17, 15) is 0 Å². The number of rotatable bonds is 9. The van der Waals surface area contributed by atoms with Crippen LogP contribution in [-0.4, -0.2) is 73.2 Å². The van der Waals surface area contributed by atoms with Crippen molar-refractivity contribution in [2.75, 3.05) is 57.3 Å². The van der Waals surface area contributed by atoms with Gasteiger partial charge in [0.25, 0.3) is 0 Å². The molecule has 1 saturated carbocycles. The largest absolute Gasteiger partial charge is 0.357 e. The molecule has 1 aromatic heterocycles. The first-order valence-electron chi connectivity index (χ1n) is 11.0. The Labute approximate surface area is 170 Å². The summed E-state index contributed by atoms with van der Waals surface area (Å²) in [5.74, 6) is 1.83. The molecule has 2 fully saturated rings. The van der Waals surface area contributed by atoms with Crippen LogP contribution in [0.1, 0.15) is 46.0 Å². The number of aliphatic imine (C=N–C) groups is 1. The minimum Gasteiger partial charge on any atom is -0.357 e. The Morgan fingerprint density at radius 1 is 1.11 bits per heavy atom. The number of hydrogen-bond donors (Lipinski definition) is 2. The minimum atomic E-state index is 0.477. The van der Waals surface area contributed by atoms with Gasteiger partial charge >= 0.3 is 0 Å². The van der Waals surface area contributed by atoms with Gasteiger partial charge in [-0.05, 0) is 50.6 Å². The molecule has 0 aromatic carbocycles. The molecule has 0 radical (unpaired) electrons. The van der Waals surface area contributed by atoms with E-state index in [1.807, 2.05) is 18.5 Å². The van der Waals surface area contributed by atoms with Gasteiger partial charge in [-0.25, -0.2) is 9.97 Å². The number of guanidine groups is 1. The Hall–Kier alpha value is -1.89. The number of anilines is 1. The predicted molar refractivity (Wildman–Crippen MR) is 116 cm³/mol. The van der Waals surface area contributed by atoms with Crippen molar-refractivity contribution in [3.8, 4) is 0 Å². The monoisotopic (exact) mass is 387 g/mol. The summed E-state index contributed by atoms with van der Waals surface area (Å²) in [6.45, 7) is 12.5. The highest BCUT2D eigenvalue weighted by molar-refractivity contribution is 5.79. The Balaban J connectivity index is 1.34. The lowest BCUT2D eigenvalue weighted by molar-refractivity contribution is 0.139. The lowest BCUT2D eigenvalue weighted by Gasteiger charge is -2.40. The predicted octanol–water partition coefficient (Wildman–Crippen LogP) is 2.12. The summed E-state index contributed by atoms with van der Waals surface area (Å²) < 4.78 is 0. The van der Waals surface area contributed by atoms with Gasteiger partial charge in [0.1, 0.15) is 0 Å². The molecule has 2 N–H and O–H groups in total. The third-order valence-electron chi connectivity index (χ3n) is 6.23. The summed E-state index contributed by atoms with van der Waals surface area (Å²) in [6.07, 6.45) is 10.1. The molecule has 28 heavy (non-hydrogen) atoms. The van der Waals surface area contributed by atoms with Crippen molar-refractivity contribution in [3.05, 3.63) is 18.5 Å². The summed E-state index contributed by atoms with van der Waals surface area (Å²) in [6, 6.07) is 1.87. The van der Waals surface area contributed by atoms with E-state index < -0.39 is 0 Å². The van der Waals surface area contributed by atoms with E-state index in [-0.39, 0.29) is 0 Å². The van der Waals surface area contributed by atoms with Crippen LogP contribution < -0.4 is 15.5 Å². The van der Waals surface area contributed by atoms with Crippen molar-refractivity contribution in [1.82, 2.24) is 25.5 Å². The molecule has 7 nitrogen and oxygen atoms in total. The fourth-order valence-corrected chi connectivity index (χ4v) is 4.02. The molecule has 1 aliphatic heterocycles. The van der Waals surface area contributed by atoms with E-state index in [2.05, 4.69) is 44.2 Å². The van der Waals surface area contributed by atoms with Gasteiger partial charge < -0.3 is 15.5 Å². The van der Waals surface area contributed by atoms with Crippen molar-refractivity contribution in [2.24, 2.45) is 10.4 Å². The quantitative estimate of drug-likeness (QED) is 0.384. The maximum absolute atomic E-state index is 4.87. The van der Waals surface area contributed by atoms with Gasteiger partial charge in [0, 0.05) is 58.2 Å². The second kappa shape index (κ2) is 10.6. The lowest BCUT2D eigenvalue weighted by Crippen LogP contribution is -2.47. The number of aromatic nitrogens is 2. The van der Waals surface area contributed by atoms with Crippen LogP contribution in [-0.2, 0) is 0 Å². The summed E-state index contributed by atoms with van der Waals surface area (Å²) in [4.78, 5) is 18.4. The summed E-state index contributed by atoms with van der Waals surface area (Å²) in [7, 11) is 0. The summed E-state index contributed by atoms with van der Waals surface area (Å²) in [5, 5.41) is 6.92. The third kappa shape index (κ3) is 5.80. The van der Waals surface area contributed by atoms with Gasteiger partial charge in [-0.2, -0.15) is 0 Å². The maximum atomic E-state index is 4.87. The van der Waals surface area contributed by atoms with Crippen LogP contribution in [0.25, 0.3) is 0 Å². The zero-order valence-corrected chi connectivity index (χ0v) is 17.7. The molecule has 3 rings (SSSR count). The van der Waals surface area contributed by atoms with Crippen LogP contribution in [0.5, 0.6) is 0 Å². The SMILES string of the molecule is CCNC(=NCC1(CC)CCC1)NCCCN1CCN(c2ncccn2)CC1. The zero-order chi connectivity index (χ0) is 19.7. The average molecular weight is 388 g/mol. The second-order valence-corrected chi connectivity index (χ2v) is 8.06. The van der Waals surface area contributed by atoms with Crippen LogP contribution in [0.2, 0.25) is 0 Å². The van der Waals surface area contributed by atoms with Gasteiger partial charge in [0.05, 0.1) is 0 Å². The van der Waals surface area contributed by atoms with E-state index in [1.165, 1.54) is 25.7 Å². The molecule has 2 heterocycles. The van der Waals surface area contributed by atoms with Crippen LogP contribution in [0.3, 0.4) is 0 Å². The molecule has 156 valence electrons. The molecule has 2 aliphatic rings. The molecule has 0 unspecified atom stereocenters. The molecular formula is C21H37N7. The first-order valence-corrected chi connectivity index (χ1v) is 11.0. The Bertz CT molecular complexity index is 587. The average Bonchev–Trinajstić information content (AvgIpc) is 2.71. The molecule has 7 heteroatoms. The van der Waals surface area contributed by atoms with Crippen LogP contribution in [0.15, 0.2) is 23.5 Å². The molecular weight excluding hydrogens is 350 g/mol. The fourth-order valence-electron chi connectivity index (χ4n) is 4.02. The Morgan fingerprint density at radius 3 is 2.46 bits per heavy atom. The highest BCUT2D eigenvalue weighted by Gasteiger charge is 2.34. The van der Waals surface area contributed by atoms with Crippen LogP contribution >= 0.6 is 0 Å². The number of hydrogen-bond acceptors (Lipinski definition) is 5. The molecule has 0 spiro atoms. The van der Waals surface area contributed by atoms with Gasteiger partial charge in [-0.3, -0.25) is 9.89 Å². The van der Waals surface area contributed by atoms with E-state index in [0.29, 0.717) is 5.41 Å². The Kier molecular flexibility index (Phi) is 7.89. The van der Waals surface area contributed by atoms with E-state index in [0.717, 1.165) is 70.7 Å². The Morgan fingerprint density at radius 2 is 1.86 bits per heavy atom. The fraction of sp³-hybridized carbons (Fsp3) is 0.762. The van der Waals surface area contributed by atoms with Crippen molar-refractivity contribution in [1.29, 1.82) is 0 Å². The van der Waals surface area contributed by atoms with Crippen LogP contribution in [0, 0.1) is 5.41 Å². The highest BCUT2D eigenvalue weighted by Crippen LogP contribution is 2.43. The first-order chi connectivity index (χ1) is 13.7. The summed E-state index contributed by atoms with van der Waals surface area (Å²) >= 11 is 0. The topological polar surface area (TPSA) is 68.7 Å². The standard InChI is InChI=1S/C21H37N7/c1-3-21(8-5-9-21)18-26-19(22-4-2)23-12-7-13-27-14-16-28(17-15-27)20-24-10-6-11-25-20/h6,10-11H,3-5,7-9,12-18H2,1-2H3,(H2,22,23,26). The van der Waals surface area contributed by atoms with E-state index in [4.69, 9.17) is 4.99 Å². The smallest absolute Gasteiger partial charge is 0.225 e. The molecule has 0 amide bonds. The lowest BCUT2D eigenvalue weighted by atomic mass is 9.67. The number of piperazine rings is 1. The highest BCUT2D eigenvalue weighted by atomic mass is 15.3. The summed E-state index contributed by atoms with van der Waals surface area (Å²) in [5.41, 5.74) is 0.477. The zero-order valence-electron chi connectivity index (χ0n) is 17.7. The van der Waals surface area contributed by atoms with Gasteiger partial charge in [0.15, 0.2) is 5.96 Å². The molecule has 1 aromatic rings. The van der Waals surface area contributed by atoms with Crippen LogP contribution in [0.4, 0.5) is 5.95 Å². The molecule has 1 aliphatic carbocycles. The number of nitrogens with zero attached hydrogens (tertiary/aromatic N) is 5. The van der Waals surface area contributed by atoms with Gasteiger partial charge in [0.2, 0.25) is 5.95 Å². The van der Waals surface area contributed by atoms with Gasteiger partial charge in [-0.15, -0.1) is 0 Å². The number of nitrogens with one attached hydrogen (secondary N) is 2. The third-order valence-corrected chi connectivity index (χ3v) is 6.23. The van der Waals surface area contributed by atoms with E-state index in [1.54, 1.807) is 0 Å². The van der Waals surface area contributed by atoms with Crippen molar-refractivity contribution in [2.45, 2.75) is 46.0 Å². The maximum Gasteiger partial charge on any atom is 0.225 e. The molecule has 0 bridgehead atoms. The minimum absolute atomic E-state index is 0.477. The van der Waals surface area contributed by atoms with Crippen molar-refractivity contribution in [3.63, 3.8) is 0 Å². The van der Waals surface area contributed by atoms with Gasteiger partial charge in [-0.1, -0.05) is 13.3 Å². The van der Waals surface area contributed by atoms with Crippen molar-refractivity contribution < 1.29 is 0 Å². The normalized spacial score (nSPS) is 19.9.